The lowest BCUT2D eigenvalue weighted by molar-refractivity contribution is -0.137. The summed E-state index contributed by atoms with van der Waals surface area (Å²) < 4.78 is 37.7. The van der Waals surface area contributed by atoms with Crippen LogP contribution in [-0.4, -0.2) is 16.1 Å². The van der Waals surface area contributed by atoms with Gasteiger partial charge in [-0.3, -0.25) is 4.98 Å². The van der Waals surface area contributed by atoms with Gasteiger partial charge in [0.15, 0.2) is 0 Å². The van der Waals surface area contributed by atoms with Crippen molar-refractivity contribution in [2.75, 3.05) is 0 Å². The van der Waals surface area contributed by atoms with Gasteiger partial charge in [0.1, 0.15) is 0 Å². The Bertz CT molecular complexity index is 609. The Morgan fingerprint density at radius 3 is 2.47 bits per heavy atom. The highest BCUT2D eigenvalue weighted by Crippen LogP contribution is 2.33. The van der Waals surface area contributed by atoms with Crippen molar-refractivity contribution in [3.8, 4) is 11.1 Å². The zero-order valence-corrected chi connectivity index (χ0v) is 9.48. The molecule has 0 fully saturated rings. The quantitative estimate of drug-likeness (QED) is 0.906. The molecule has 1 heterocycles. The van der Waals surface area contributed by atoms with Crippen LogP contribution in [0.2, 0.25) is 0 Å². The van der Waals surface area contributed by atoms with E-state index in [0.717, 1.165) is 12.1 Å². The molecule has 0 spiro atoms. The first-order chi connectivity index (χ1) is 8.89. The van der Waals surface area contributed by atoms with E-state index in [-0.39, 0.29) is 5.56 Å². The van der Waals surface area contributed by atoms with Gasteiger partial charge in [-0.25, -0.2) is 4.79 Å². The molecule has 2 aromatic rings. The fourth-order valence-corrected chi connectivity index (χ4v) is 1.67. The smallest absolute Gasteiger partial charge is 0.416 e. The molecule has 0 radical (unpaired) electrons. The number of carboxylic acids is 1. The normalized spacial score (nSPS) is 11.3. The highest BCUT2D eigenvalue weighted by molar-refractivity contribution is 5.96. The molecule has 0 bridgehead atoms. The van der Waals surface area contributed by atoms with E-state index in [9.17, 15) is 18.0 Å². The third-order valence-corrected chi connectivity index (χ3v) is 2.55. The van der Waals surface area contributed by atoms with Crippen molar-refractivity contribution in [1.82, 2.24) is 4.98 Å². The Balaban J connectivity index is 2.61. The van der Waals surface area contributed by atoms with Crippen molar-refractivity contribution < 1.29 is 23.1 Å². The predicted octanol–water partition coefficient (Wildman–Crippen LogP) is 3.47. The molecular weight excluding hydrogens is 259 g/mol. The monoisotopic (exact) mass is 267 g/mol. The SMILES string of the molecule is O=C(O)c1cc(C(F)(F)F)ccc1-c1cccnc1. The number of carbonyl (C=O) groups is 1. The highest BCUT2D eigenvalue weighted by Gasteiger charge is 2.31. The average Bonchev–Trinajstić information content (AvgIpc) is 2.38. The van der Waals surface area contributed by atoms with Gasteiger partial charge < -0.3 is 5.11 Å². The third kappa shape index (κ3) is 2.73. The number of pyridine rings is 1. The summed E-state index contributed by atoms with van der Waals surface area (Å²) >= 11 is 0. The number of halogens is 3. The van der Waals surface area contributed by atoms with Gasteiger partial charge in [-0.05, 0) is 23.8 Å². The molecule has 0 saturated heterocycles. The van der Waals surface area contributed by atoms with Crippen molar-refractivity contribution in [2.45, 2.75) is 6.18 Å². The van der Waals surface area contributed by atoms with Gasteiger partial charge in [-0.15, -0.1) is 0 Å². The third-order valence-electron chi connectivity index (χ3n) is 2.55. The van der Waals surface area contributed by atoms with Crippen molar-refractivity contribution in [2.24, 2.45) is 0 Å². The van der Waals surface area contributed by atoms with Gasteiger partial charge >= 0.3 is 12.1 Å². The van der Waals surface area contributed by atoms with Crippen LogP contribution in [0.25, 0.3) is 11.1 Å². The van der Waals surface area contributed by atoms with Crippen LogP contribution < -0.4 is 0 Å². The Morgan fingerprint density at radius 2 is 1.95 bits per heavy atom. The van der Waals surface area contributed by atoms with Crippen LogP contribution in [-0.2, 0) is 6.18 Å². The Morgan fingerprint density at radius 1 is 1.21 bits per heavy atom. The van der Waals surface area contributed by atoms with Crippen LogP contribution >= 0.6 is 0 Å². The summed E-state index contributed by atoms with van der Waals surface area (Å²) in [5.74, 6) is -1.41. The lowest BCUT2D eigenvalue weighted by atomic mass is 9.98. The summed E-state index contributed by atoms with van der Waals surface area (Å²) in [4.78, 5) is 14.9. The molecule has 0 aliphatic heterocycles. The summed E-state index contributed by atoms with van der Waals surface area (Å²) in [6.45, 7) is 0. The largest absolute Gasteiger partial charge is 0.478 e. The summed E-state index contributed by atoms with van der Waals surface area (Å²) in [5, 5.41) is 9.03. The molecule has 6 heteroatoms. The van der Waals surface area contributed by atoms with E-state index in [4.69, 9.17) is 5.11 Å². The first-order valence-corrected chi connectivity index (χ1v) is 5.24. The number of aromatic nitrogens is 1. The summed E-state index contributed by atoms with van der Waals surface area (Å²) in [6, 6.07) is 5.80. The van der Waals surface area contributed by atoms with Crippen molar-refractivity contribution in [3.63, 3.8) is 0 Å². The maximum absolute atomic E-state index is 12.6. The second-order valence-corrected chi connectivity index (χ2v) is 3.80. The average molecular weight is 267 g/mol. The molecule has 1 aromatic carbocycles. The molecule has 0 atom stereocenters. The van der Waals surface area contributed by atoms with E-state index in [1.54, 1.807) is 12.1 Å². The fraction of sp³-hybridized carbons (Fsp3) is 0.0769. The van der Waals surface area contributed by atoms with Gasteiger partial charge in [0.05, 0.1) is 11.1 Å². The van der Waals surface area contributed by atoms with Crippen molar-refractivity contribution in [1.29, 1.82) is 0 Å². The van der Waals surface area contributed by atoms with Gasteiger partial charge in [-0.2, -0.15) is 13.2 Å². The van der Waals surface area contributed by atoms with E-state index in [0.29, 0.717) is 11.6 Å². The van der Waals surface area contributed by atoms with Crippen LogP contribution in [0.15, 0.2) is 42.7 Å². The molecule has 1 N–H and O–H groups in total. The number of alkyl halides is 3. The molecule has 2 rings (SSSR count). The minimum Gasteiger partial charge on any atom is -0.478 e. The molecule has 1 aromatic heterocycles. The Labute approximate surface area is 106 Å². The van der Waals surface area contributed by atoms with Crippen LogP contribution in [0.1, 0.15) is 15.9 Å². The van der Waals surface area contributed by atoms with E-state index >= 15 is 0 Å². The molecule has 0 aliphatic carbocycles. The Hall–Kier alpha value is -2.37. The first kappa shape index (κ1) is 13.1. The number of benzene rings is 1. The number of hydrogen-bond donors (Lipinski definition) is 1. The minimum absolute atomic E-state index is 0.202. The van der Waals surface area contributed by atoms with E-state index < -0.39 is 23.3 Å². The molecule has 0 unspecified atom stereocenters. The molecular formula is C13H8F3NO2. The topological polar surface area (TPSA) is 50.2 Å². The van der Waals surface area contributed by atoms with Crippen LogP contribution in [0.3, 0.4) is 0 Å². The predicted molar refractivity (Wildman–Crippen MR) is 61.6 cm³/mol. The lowest BCUT2D eigenvalue weighted by Crippen LogP contribution is -2.08. The molecule has 98 valence electrons. The molecule has 0 amide bonds. The first-order valence-electron chi connectivity index (χ1n) is 5.24. The van der Waals surface area contributed by atoms with Gasteiger partial charge in [-0.1, -0.05) is 12.1 Å². The van der Waals surface area contributed by atoms with Crippen LogP contribution in [0.4, 0.5) is 13.2 Å². The second-order valence-electron chi connectivity index (χ2n) is 3.80. The molecule has 3 nitrogen and oxygen atoms in total. The van der Waals surface area contributed by atoms with Crippen molar-refractivity contribution in [3.05, 3.63) is 53.9 Å². The van der Waals surface area contributed by atoms with Gasteiger partial charge in [0.25, 0.3) is 0 Å². The molecule has 0 saturated carbocycles. The maximum atomic E-state index is 12.6. The fourth-order valence-electron chi connectivity index (χ4n) is 1.67. The van der Waals surface area contributed by atoms with Crippen molar-refractivity contribution >= 4 is 5.97 Å². The Kier molecular flexibility index (Phi) is 3.25. The maximum Gasteiger partial charge on any atom is 0.416 e. The van der Waals surface area contributed by atoms with Crippen LogP contribution in [0, 0.1) is 0 Å². The van der Waals surface area contributed by atoms with E-state index in [2.05, 4.69) is 4.98 Å². The summed E-state index contributed by atoms with van der Waals surface area (Å²) in [7, 11) is 0. The van der Waals surface area contributed by atoms with Gasteiger partial charge in [0.2, 0.25) is 0 Å². The second kappa shape index (κ2) is 4.72. The zero-order valence-electron chi connectivity index (χ0n) is 9.48. The van der Waals surface area contributed by atoms with Gasteiger partial charge in [0, 0.05) is 18.0 Å². The number of nitrogens with zero attached hydrogens (tertiary/aromatic N) is 1. The minimum atomic E-state index is -4.57. The van der Waals surface area contributed by atoms with Crippen LogP contribution in [0.5, 0.6) is 0 Å². The lowest BCUT2D eigenvalue weighted by Gasteiger charge is -2.11. The number of aromatic carboxylic acids is 1. The number of carboxylic acid groups (broad SMARTS) is 1. The number of rotatable bonds is 2. The highest BCUT2D eigenvalue weighted by atomic mass is 19.4. The number of hydrogen-bond acceptors (Lipinski definition) is 2. The zero-order chi connectivity index (χ0) is 14.0. The summed E-state index contributed by atoms with van der Waals surface area (Å²) in [5.41, 5.74) is -0.734. The standard InChI is InChI=1S/C13H8F3NO2/c14-13(15,16)9-3-4-10(11(6-9)12(18)19)8-2-1-5-17-7-8/h1-7H,(H,18,19). The molecule has 19 heavy (non-hydrogen) atoms. The van der Waals surface area contributed by atoms with E-state index in [1.807, 2.05) is 0 Å². The molecule has 0 aliphatic rings. The summed E-state index contributed by atoms with van der Waals surface area (Å²) in [6.07, 6.45) is -1.68. The van der Waals surface area contributed by atoms with E-state index in [1.165, 1.54) is 12.4 Å².